The number of piperazine rings is 1. The minimum atomic E-state index is -4.41. The van der Waals surface area contributed by atoms with E-state index < -0.39 is 11.7 Å². The average molecular weight is 301 g/mol. The maximum atomic E-state index is 12.7. The number of nitrogens with one attached hydrogen (secondary N) is 2. The summed E-state index contributed by atoms with van der Waals surface area (Å²) in [5.41, 5.74) is -0.169. The maximum Gasteiger partial charge on any atom is 0.417 e. The van der Waals surface area contributed by atoms with Crippen LogP contribution in [0.15, 0.2) is 18.2 Å². The van der Waals surface area contributed by atoms with Crippen LogP contribution < -0.4 is 10.6 Å². The highest BCUT2D eigenvalue weighted by atomic mass is 35.5. The Kier molecular flexibility index (Phi) is 5.28. The Labute approximate surface area is 114 Å². The van der Waals surface area contributed by atoms with Crippen molar-refractivity contribution in [2.75, 3.05) is 19.6 Å². The lowest BCUT2D eigenvalue weighted by atomic mass is 10.0. The second kappa shape index (κ2) is 6.10. The molecule has 1 aromatic rings. The van der Waals surface area contributed by atoms with Crippen molar-refractivity contribution in [3.8, 4) is 0 Å². The monoisotopic (exact) mass is 300 g/mol. The molecule has 2 nitrogen and oxygen atoms in total. The highest BCUT2D eigenvalue weighted by molar-refractivity contribution is 6.31. The van der Waals surface area contributed by atoms with E-state index in [1.165, 1.54) is 6.07 Å². The Morgan fingerprint density at radius 2 is 1.94 bits per heavy atom. The summed E-state index contributed by atoms with van der Waals surface area (Å²) in [4.78, 5) is 0. The lowest BCUT2D eigenvalue weighted by Gasteiger charge is -2.25. The lowest BCUT2D eigenvalue weighted by molar-refractivity contribution is -0.137. The van der Waals surface area contributed by atoms with Crippen molar-refractivity contribution in [1.82, 2.24) is 10.6 Å². The number of hydrogen-bond donors (Lipinski definition) is 2. The minimum Gasteiger partial charge on any atom is -0.314 e. The standard InChI is InChI=1S/C11H12ClF3N2.ClH/c12-9-2-1-7(5-8(9)11(13,14)15)10-6-16-3-4-17-10;/h1-2,5,10,16-17H,3-4,6H2;1H/t10-;/m1./s1. The molecule has 1 aliphatic rings. The first-order valence-corrected chi connectivity index (χ1v) is 5.67. The predicted octanol–water partition coefficient (Wildman–Crippen LogP) is 3.01. The lowest BCUT2D eigenvalue weighted by Crippen LogP contribution is -2.42. The Bertz CT molecular complexity index is 404. The van der Waals surface area contributed by atoms with E-state index in [9.17, 15) is 13.2 Å². The van der Waals surface area contributed by atoms with Gasteiger partial charge in [-0.1, -0.05) is 17.7 Å². The smallest absolute Gasteiger partial charge is 0.314 e. The van der Waals surface area contributed by atoms with Crippen LogP contribution in [-0.2, 0) is 6.18 Å². The van der Waals surface area contributed by atoms with E-state index in [1.54, 1.807) is 6.07 Å². The summed E-state index contributed by atoms with van der Waals surface area (Å²) in [5, 5.41) is 6.03. The molecule has 0 aromatic heterocycles. The molecule has 1 fully saturated rings. The third kappa shape index (κ3) is 3.51. The van der Waals surface area contributed by atoms with Crippen LogP contribution in [0.4, 0.5) is 13.2 Å². The Balaban J connectivity index is 0.00000162. The van der Waals surface area contributed by atoms with Crippen molar-refractivity contribution >= 4 is 24.0 Å². The van der Waals surface area contributed by atoms with Crippen LogP contribution in [0, 0.1) is 0 Å². The first kappa shape index (κ1) is 15.6. The number of benzene rings is 1. The van der Waals surface area contributed by atoms with Crippen LogP contribution in [0.5, 0.6) is 0 Å². The quantitative estimate of drug-likeness (QED) is 0.833. The van der Waals surface area contributed by atoms with E-state index in [2.05, 4.69) is 10.6 Å². The van der Waals surface area contributed by atoms with Gasteiger partial charge in [-0.15, -0.1) is 12.4 Å². The van der Waals surface area contributed by atoms with Gasteiger partial charge in [-0.25, -0.2) is 0 Å². The average Bonchev–Trinajstić information content (AvgIpc) is 2.29. The van der Waals surface area contributed by atoms with Crippen LogP contribution in [0.3, 0.4) is 0 Å². The van der Waals surface area contributed by atoms with E-state index in [4.69, 9.17) is 11.6 Å². The van der Waals surface area contributed by atoms with E-state index in [1.807, 2.05) is 0 Å². The molecule has 7 heteroatoms. The molecule has 1 atom stereocenters. The molecule has 1 aliphatic heterocycles. The molecule has 1 saturated heterocycles. The highest BCUT2D eigenvalue weighted by Crippen LogP contribution is 2.36. The van der Waals surface area contributed by atoms with Crippen molar-refractivity contribution in [2.24, 2.45) is 0 Å². The van der Waals surface area contributed by atoms with Gasteiger partial charge in [-0.2, -0.15) is 13.2 Å². The number of halogens is 5. The number of hydrogen-bond acceptors (Lipinski definition) is 2. The molecule has 0 radical (unpaired) electrons. The van der Waals surface area contributed by atoms with E-state index in [0.29, 0.717) is 12.1 Å². The fourth-order valence-electron chi connectivity index (χ4n) is 1.87. The van der Waals surface area contributed by atoms with Crippen molar-refractivity contribution in [3.63, 3.8) is 0 Å². The third-order valence-corrected chi connectivity index (χ3v) is 3.07. The van der Waals surface area contributed by atoms with Crippen LogP contribution in [0.1, 0.15) is 17.2 Å². The van der Waals surface area contributed by atoms with Crippen LogP contribution in [0.25, 0.3) is 0 Å². The summed E-state index contributed by atoms with van der Waals surface area (Å²) < 4.78 is 38.0. The number of rotatable bonds is 1. The molecule has 0 bridgehead atoms. The zero-order chi connectivity index (χ0) is 12.5. The zero-order valence-corrected chi connectivity index (χ0v) is 10.9. The topological polar surface area (TPSA) is 24.1 Å². The molecule has 0 unspecified atom stereocenters. The van der Waals surface area contributed by atoms with Gasteiger partial charge in [0.15, 0.2) is 0 Å². The molecule has 18 heavy (non-hydrogen) atoms. The summed E-state index contributed by atoms with van der Waals surface area (Å²) in [5.74, 6) is 0. The Hall–Kier alpha value is -0.490. The van der Waals surface area contributed by atoms with Gasteiger partial charge in [-0.3, -0.25) is 0 Å². The molecule has 0 saturated carbocycles. The van der Waals surface area contributed by atoms with Crippen molar-refractivity contribution in [2.45, 2.75) is 12.2 Å². The van der Waals surface area contributed by atoms with Gasteiger partial charge in [0.05, 0.1) is 10.6 Å². The van der Waals surface area contributed by atoms with Crippen molar-refractivity contribution in [1.29, 1.82) is 0 Å². The van der Waals surface area contributed by atoms with Gasteiger partial charge in [0.2, 0.25) is 0 Å². The number of alkyl halides is 3. The van der Waals surface area contributed by atoms with Crippen LogP contribution >= 0.6 is 24.0 Å². The molecule has 0 spiro atoms. The van der Waals surface area contributed by atoms with Crippen LogP contribution in [0.2, 0.25) is 5.02 Å². The molecule has 2 N–H and O–H groups in total. The predicted molar refractivity (Wildman–Crippen MR) is 67.3 cm³/mol. The van der Waals surface area contributed by atoms with Gasteiger partial charge in [0, 0.05) is 25.7 Å². The first-order chi connectivity index (χ1) is 7.98. The van der Waals surface area contributed by atoms with Gasteiger partial charge in [0.25, 0.3) is 0 Å². The second-order valence-corrected chi connectivity index (χ2v) is 4.36. The Morgan fingerprint density at radius 1 is 1.22 bits per heavy atom. The molecule has 1 aromatic carbocycles. The summed E-state index contributed by atoms with van der Waals surface area (Å²) in [6.07, 6.45) is -4.41. The fourth-order valence-corrected chi connectivity index (χ4v) is 2.09. The molecule has 0 aliphatic carbocycles. The largest absolute Gasteiger partial charge is 0.417 e. The maximum absolute atomic E-state index is 12.7. The Morgan fingerprint density at radius 3 is 2.50 bits per heavy atom. The first-order valence-electron chi connectivity index (χ1n) is 5.29. The van der Waals surface area contributed by atoms with Gasteiger partial charge >= 0.3 is 6.18 Å². The molecule has 102 valence electrons. The highest BCUT2D eigenvalue weighted by Gasteiger charge is 2.33. The molecular formula is C11H13Cl2F3N2. The SMILES string of the molecule is Cl.FC(F)(F)c1cc([C@H]2CNCCN2)ccc1Cl. The van der Waals surface area contributed by atoms with Gasteiger partial charge in [0.1, 0.15) is 0 Å². The summed E-state index contributed by atoms with van der Waals surface area (Å²) in [7, 11) is 0. The minimum absolute atomic E-state index is 0. The summed E-state index contributed by atoms with van der Waals surface area (Å²) >= 11 is 5.56. The molecular weight excluding hydrogens is 288 g/mol. The van der Waals surface area contributed by atoms with E-state index >= 15 is 0 Å². The fraction of sp³-hybridized carbons (Fsp3) is 0.455. The zero-order valence-electron chi connectivity index (χ0n) is 9.35. The van der Waals surface area contributed by atoms with Crippen molar-refractivity contribution in [3.05, 3.63) is 34.3 Å². The van der Waals surface area contributed by atoms with Gasteiger partial charge < -0.3 is 10.6 Å². The van der Waals surface area contributed by atoms with E-state index in [0.717, 1.165) is 19.2 Å². The van der Waals surface area contributed by atoms with Crippen LogP contribution in [-0.4, -0.2) is 19.6 Å². The summed E-state index contributed by atoms with van der Waals surface area (Å²) in [6, 6.07) is 3.95. The summed E-state index contributed by atoms with van der Waals surface area (Å²) in [6.45, 7) is 2.20. The third-order valence-electron chi connectivity index (χ3n) is 2.74. The molecule has 2 rings (SSSR count). The van der Waals surface area contributed by atoms with Crippen molar-refractivity contribution < 1.29 is 13.2 Å². The van der Waals surface area contributed by atoms with Gasteiger partial charge in [-0.05, 0) is 17.7 Å². The van der Waals surface area contributed by atoms with E-state index in [-0.39, 0.29) is 23.5 Å². The molecule has 1 heterocycles. The molecule has 0 amide bonds. The second-order valence-electron chi connectivity index (χ2n) is 3.95. The normalized spacial score (nSPS) is 20.3.